The van der Waals surface area contributed by atoms with Gasteiger partial charge in [-0.2, -0.15) is 0 Å². The van der Waals surface area contributed by atoms with E-state index in [0.717, 1.165) is 0 Å². The van der Waals surface area contributed by atoms with E-state index in [1.165, 1.54) is 6.08 Å². The van der Waals surface area contributed by atoms with Crippen LogP contribution in [0.1, 0.15) is 68.2 Å². The van der Waals surface area contributed by atoms with E-state index in [1.54, 1.807) is 27.7 Å². The van der Waals surface area contributed by atoms with Gasteiger partial charge in [0.1, 0.15) is 23.4 Å². The minimum Gasteiger partial charge on any atom is -0.457 e. The molecule has 0 bridgehead atoms. The molecule has 4 fully saturated rings. The number of ketones is 1. The van der Waals surface area contributed by atoms with Crippen LogP contribution in [-0.4, -0.2) is 85.5 Å². The van der Waals surface area contributed by atoms with Gasteiger partial charge in [0.15, 0.2) is 17.0 Å². The van der Waals surface area contributed by atoms with Crippen molar-refractivity contribution in [1.29, 1.82) is 0 Å². The number of aliphatic hydroxyl groups excluding tert-OH is 2. The number of esters is 2. The van der Waals surface area contributed by atoms with Gasteiger partial charge in [-0.05, 0) is 12.8 Å². The van der Waals surface area contributed by atoms with Gasteiger partial charge in [0.25, 0.3) is 0 Å². The molecule has 0 radical (unpaired) electrons. The Morgan fingerprint density at radius 3 is 2.20 bits per heavy atom. The molecule has 0 aromatic carbocycles. The van der Waals surface area contributed by atoms with Gasteiger partial charge < -0.3 is 34.6 Å². The Morgan fingerprint density at radius 2 is 1.65 bits per heavy atom. The second-order valence-electron chi connectivity index (χ2n) is 13.6. The monoisotopic (exact) mass is 564 g/mol. The zero-order chi connectivity index (χ0) is 30.0. The van der Waals surface area contributed by atoms with Gasteiger partial charge in [-0.25, -0.2) is 0 Å². The fraction of sp³-hybridized carbons (Fsp3) is 0.833. The minimum absolute atomic E-state index is 0.0692. The summed E-state index contributed by atoms with van der Waals surface area (Å²) in [5.74, 6) is -5.94. The first-order chi connectivity index (χ1) is 18.5. The van der Waals surface area contributed by atoms with Crippen molar-refractivity contribution < 1.29 is 49.0 Å². The van der Waals surface area contributed by atoms with Crippen LogP contribution >= 0.6 is 0 Å². The predicted octanol–water partition coefficient (Wildman–Crippen LogP) is 1.31. The van der Waals surface area contributed by atoms with Crippen molar-refractivity contribution in [1.82, 2.24) is 0 Å². The molecule has 5 rings (SSSR count). The van der Waals surface area contributed by atoms with Crippen LogP contribution in [0.4, 0.5) is 0 Å². The molecule has 13 atom stereocenters. The van der Waals surface area contributed by atoms with Crippen LogP contribution in [0.5, 0.6) is 0 Å². The summed E-state index contributed by atoms with van der Waals surface area (Å²) in [5.41, 5.74) is -8.47. The van der Waals surface area contributed by atoms with Crippen molar-refractivity contribution in [3.63, 3.8) is 0 Å². The zero-order valence-electron chi connectivity index (χ0n) is 24.6. The molecule has 1 heterocycles. The number of carbonyl (C=O) groups is 3. The van der Waals surface area contributed by atoms with E-state index >= 15 is 0 Å². The highest BCUT2D eigenvalue weighted by Crippen LogP contribution is 2.79. The number of Topliss-reactive ketones (excluding diaryl/α,β-unsaturated/α-hetero) is 1. The maximum Gasteiger partial charge on any atom is 0.309 e. The van der Waals surface area contributed by atoms with Gasteiger partial charge in [0.05, 0.1) is 24.5 Å². The fourth-order valence-electron chi connectivity index (χ4n) is 8.35. The topological polar surface area (TPSA) is 163 Å². The second kappa shape index (κ2) is 8.83. The molecule has 0 spiro atoms. The van der Waals surface area contributed by atoms with Gasteiger partial charge in [-0.3, -0.25) is 14.4 Å². The summed E-state index contributed by atoms with van der Waals surface area (Å²) in [4.78, 5) is 40.0. The molecule has 4 N–H and O–H groups in total. The van der Waals surface area contributed by atoms with E-state index in [4.69, 9.17) is 14.2 Å². The molecule has 224 valence electrons. The van der Waals surface area contributed by atoms with Crippen molar-refractivity contribution in [3.05, 3.63) is 11.6 Å². The summed E-state index contributed by atoms with van der Waals surface area (Å²) in [6, 6.07) is 0. The number of aliphatic hydroxyl groups is 4. The van der Waals surface area contributed by atoms with E-state index < -0.39 is 106 Å². The van der Waals surface area contributed by atoms with E-state index in [2.05, 4.69) is 0 Å². The third-order valence-corrected chi connectivity index (χ3v) is 11.4. The molecular formula is C30H44O10. The summed E-state index contributed by atoms with van der Waals surface area (Å²) in [6.07, 6.45) is -1.41. The molecule has 0 aromatic heterocycles. The van der Waals surface area contributed by atoms with Gasteiger partial charge in [-0.1, -0.05) is 61.5 Å². The Hall–Kier alpha value is -1.85. The summed E-state index contributed by atoms with van der Waals surface area (Å²) >= 11 is 0. The second-order valence-corrected chi connectivity index (χ2v) is 13.6. The lowest BCUT2D eigenvalue weighted by Crippen LogP contribution is -2.66. The smallest absolute Gasteiger partial charge is 0.309 e. The number of ether oxygens (including phenoxy) is 3. The van der Waals surface area contributed by atoms with E-state index in [1.807, 2.05) is 27.7 Å². The number of allylic oxidation sites excluding steroid dienone is 1. The Labute approximate surface area is 235 Å². The molecule has 10 heteroatoms. The van der Waals surface area contributed by atoms with E-state index in [0.29, 0.717) is 12.8 Å². The molecule has 10 nitrogen and oxygen atoms in total. The van der Waals surface area contributed by atoms with Gasteiger partial charge in [0.2, 0.25) is 0 Å². The zero-order valence-corrected chi connectivity index (χ0v) is 24.6. The van der Waals surface area contributed by atoms with Crippen molar-refractivity contribution >= 4 is 17.7 Å². The summed E-state index contributed by atoms with van der Waals surface area (Å²) in [5, 5.41) is 46.8. The predicted molar refractivity (Wildman–Crippen MR) is 140 cm³/mol. The first-order valence-electron chi connectivity index (χ1n) is 14.6. The van der Waals surface area contributed by atoms with Crippen LogP contribution < -0.4 is 0 Å². The lowest BCUT2D eigenvalue weighted by Gasteiger charge is -2.52. The van der Waals surface area contributed by atoms with Gasteiger partial charge >= 0.3 is 11.9 Å². The molecule has 4 aliphatic carbocycles. The largest absolute Gasteiger partial charge is 0.457 e. The average Bonchev–Trinajstić information content (AvgIpc) is 3.75. The fourth-order valence-corrected chi connectivity index (χ4v) is 8.35. The number of fused-ring (bicyclic) bond motifs is 7. The molecule has 3 saturated carbocycles. The standard InChI is InChI=1S/C30H44O10/c1-9-13(3)23(33)38-21-16(6)28(36)17-11-15(5)20(32)29(17,37)25(35)27(12-31)22(39-27)18(28)19-26(7,8)30(19,21)40-24(34)14(4)10-2/h11,13-16,18-19,21-22,25,31,35-37H,9-10,12H2,1-8H3. The van der Waals surface area contributed by atoms with E-state index in [-0.39, 0.29) is 5.57 Å². The van der Waals surface area contributed by atoms with Gasteiger partial charge in [-0.15, -0.1) is 0 Å². The van der Waals surface area contributed by atoms with Crippen LogP contribution in [0, 0.1) is 40.9 Å². The Bertz CT molecular complexity index is 1160. The average molecular weight is 565 g/mol. The number of hydrogen-bond acceptors (Lipinski definition) is 10. The van der Waals surface area contributed by atoms with Crippen LogP contribution in [0.2, 0.25) is 0 Å². The first-order valence-corrected chi connectivity index (χ1v) is 14.6. The Morgan fingerprint density at radius 1 is 1.07 bits per heavy atom. The quantitative estimate of drug-likeness (QED) is 0.201. The number of epoxide rings is 1. The molecule has 0 aromatic rings. The SMILES string of the molecule is CCC(C)C(=O)OC1C(C)C2(O)C3=CC(C)C(=O)C3(O)C(O)C3(CO)OC3C2C2C(C)(C)C12OC(=O)C(C)CC. The Kier molecular flexibility index (Phi) is 6.54. The molecule has 0 amide bonds. The third-order valence-electron chi connectivity index (χ3n) is 11.4. The van der Waals surface area contributed by atoms with Crippen LogP contribution in [0.15, 0.2) is 11.6 Å². The molecule has 40 heavy (non-hydrogen) atoms. The highest BCUT2D eigenvalue weighted by molar-refractivity contribution is 5.98. The maximum atomic E-state index is 13.4. The molecule has 13 unspecified atom stereocenters. The summed E-state index contributed by atoms with van der Waals surface area (Å²) in [7, 11) is 0. The van der Waals surface area contributed by atoms with Gasteiger partial charge in [0, 0.05) is 34.7 Å². The normalized spacial score (nSPS) is 49.2. The number of rotatable bonds is 7. The minimum atomic E-state index is -2.52. The first kappa shape index (κ1) is 29.6. The van der Waals surface area contributed by atoms with E-state index in [9.17, 15) is 34.8 Å². The van der Waals surface area contributed by atoms with Crippen LogP contribution in [-0.2, 0) is 28.6 Å². The van der Waals surface area contributed by atoms with Crippen molar-refractivity contribution in [2.75, 3.05) is 6.61 Å². The number of hydrogen-bond donors (Lipinski definition) is 4. The third kappa shape index (κ3) is 3.20. The van der Waals surface area contributed by atoms with Crippen molar-refractivity contribution in [2.24, 2.45) is 40.9 Å². The molecular weight excluding hydrogens is 520 g/mol. The molecule has 1 aliphatic heterocycles. The van der Waals surface area contributed by atoms with Crippen LogP contribution in [0.3, 0.4) is 0 Å². The highest BCUT2D eigenvalue weighted by Gasteiger charge is 2.93. The molecule has 1 saturated heterocycles. The van der Waals surface area contributed by atoms with Crippen molar-refractivity contribution in [3.8, 4) is 0 Å². The van der Waals surface area contributed by atoms with Crippen molar-refractivity contribution in [2.45, 2.75) is 109 Å². The Balaban J connectivity index is 1.74. The molecule has 5 aliphatic rings. The summed E-state index contributed by atoms with van der Waals surface area (Å²) in [6.45, 7) is 13.5. The van der Waals surface area contributed by atoms with Crippen LogP contribution in [0.25, 0.3) is 0 Å². The lowest BCUT2D eigenvalue weighted by molar-refractivity contribution is -0.218. The number of carbonyl (C=O) groups excluding carboxylic acids is 3. The maximum absolute atomic E-state index is 13.4. The lowest BCUT2D eigenvalue weighted by atomic mass is 9.60. The summed E-state index contributed by atoms with van der Waals surface area (Å²) < 4.78 is 18.5. The highest BCUT2D eigenvalue weighted by atomic mass is 16.6.